The van der Waals surface area contributed by atoms with Crippen LogP contribution in [0.3, 0.4) is 0 Å². The number of ketones is 1. The fourth-order valence-electron chi connectivity index (χ4n) is 5.00. The maximum Gasteiger partial charge on any atom is 0.413 e. The van der Waals surface area contributed by atoms with Crippen molar-refractivity contribution in [3.05, 3.63) is 123 Å². The average molecular weight is 726 g/mol. The number of carbonyl (C=O) groups is 4. The molecular weight excluding hydrogens is 682 g/mol. The Kier molecular flexibility index (Phi) is 14.8. The number of ether oxygens (including phenoxy) is 2. The van der Waals surface area contributed by atoms with Crippen LogP contribution in [0.5, 0.6) is 0 Å². The van der Waals surface area contributed by atoms with Crippen molar-refractivity contribution in [2.75, 3.05) is 31.6 Å². The molecule has 2 amide bonds. The molecule has 0 spiro atoms. The largest absolute Gasteiger partial charge is 0.480 e. The number of aromatic nitrogens is 4. The molecule has 5 N–H and O–H groups in total. The van der Waals surface area contributed by atoms with Gasteiger partial charge in [0.05, 0.1) is 26.0 Å². The summed E-state index contributed by atoms with van der Waals surface area (Å²) in [6.45, 7) is 6.18. The van der Waals surface area contributed by atoms with Crippen LogP contribution in [0.25, 0.3) is 11.2 Å². The van der Waals surface area contributed by atoms with E-state index in [0.29, 0.717) is 13.0 Å². The molecule has 0 aliphatic rings. The molecule has 0 saturated carbocycles. The minimum Gasteiger partial charge on any atom is -0.480 e. The minimum absolute atomic E-state index is 0.0380. The van der Waals surface area contributed by atoms with E-state index < -0.39 is 29.8 Å². The van der Waals surface area contributed by atoms with E-state index in [0.717, 1.165) is 34.2 Å². The number of hydrogen-bond acceptors (Lipinski definition) is 10. The fourth-order valence-corrected chi connectivity index (χ4v) is 5.00. The Morgan fingerprint density at radius 3 is 2.13 bits per heavy atom. The standard InChI is InChI=1S/C20H24N2O4.C18H19N5O4/c1-14-3-7-16(8-4-14)19(17-9-5-15(2)6-10-17)26-20(25)22-12-11-21-13-18(23)24;1-12(24)10-23-11-19-14-15(23)20-17(21-16(14)25)22-18(26)27-9-5-8-13-6-3-2-4-7-13/h3-10,19,21H,11-13H2,1-2H3,(H,22,25)(H,23,24);2-4,6-7,11H,5,8-10H2,1H3,(H2,20,21,22,25,26). The molecule has 278 valence electrons. The SMILES string of the molecule is CC(=O)Cn1cnc2c(=O)[nH]c(NC(=O)OCCCc3ccccc3)nc21.Cc1ccc(C(OC(=O)NCCNCC(=O)O)c2ccc(C)cc2)cc1. The number of carboxylic acid groups (broad SMARTS) is 1. The predicted molar refractivity (Wildman–Crippen MR) is 198 cm³/mol. The number of aliphatic carboxylic acids is 1. The number of nitrogens with zero attached hydrogens (tertiary/aromatic N) is 3. The number of anilines is 1. The fraction of sp³-hybridized carbons (Fsp3) is 0.289. The molecule has 0 aliphatic carbocycles. The maximum absolute atomic E-state index is 12.2. The van der Waals surface area contributed by atoms with Crippen molar-refractivity contribution in [2.45, 2.75) is 46.3 Å². The number of fused-ring (bicyclic) bond motifs is 1. The van der Waals surface area contributed by atoms with Crippen molar-refractivity contribution < 1.29 is 33.8 Å². The average Bonchev–Trinajstić information content (AvgIpc) is 3.52. The summed E-state index contributed by atoms with van der Waals surface area (Å²) in [7, 11) is 0. The first-order valence-corrected chi connectivity index (χ1v) is 16.9. The van der Waals surface area contributed by atoms with Gasteiger partial charge in [-0.3, -0.25) is 24.7 Å². The van der Waals surface area contributed by atoms with Crippen molar-refractivity contribution in [1.29, 1.82) is 0 Å². The lowest BCUT2D eigenvalue weighted by Crippen LogP contribution is -2.34. The van der Waals surface area contributed by atoms with Crippen LogP contribution >= 0.6 is 0 Å². The quantitative estimate of drug-likeness (QED) is 0.0937. The van der Waals surface area contributed by atoms with E-state index in [1.165, 1.54) is 17.8 Å². The van der Waals surface area contributed by atoms with Gasteiger partial charge in [0.25, 0.3) is 5.56 Å². The van der Waals surface area contributed by atoms with Crippen molar-refractivity contribution in [2.24, 2.45) is 0 Å². The number of rotatable bonds is 15. The Morgan fingerprint density at radius 2 is 1.53 bits per heavy atom. The zero-order valence-corrected chi connectivity index (χ0v) is 29.8. The van der Waals surface area contributed by atoms with Gasteiger partial charge in [-0.15, -0.1) is 0 Å². The predicted octanol–water partition coefficient (Wildman–Crippen LogP) is 4.68. The van der Waals surface area contributed by atoms with Gasteiger partial charge in [0.15, 0.2) is 17.3 Å². The number of hydrogen-bond donors (Lipinski definition) is 5. The highest BCUT2D eigenvalue weighted by molar-refractivity contribution is 5.84. The van der Waals surface area contributed by atoms with Gasteiger partial charge < -0.3 is 29.8 Å². The van der Waals surface area contributed by atoms with Crippen LogP contribution in [-0.4, -0.2) is 74.8 Å². The molecule has 15 heteroatoms. The number of aryl methyl sites for hydroxylation is 3. The summed E-state index contributed by atoms with van der Waals surface area (Å²) in [5.74, 6) is -1.11. The number of imidazole rings is 1. The van der Waals surface area contributed by atoms with E-state index in [-0.39, 0.29) is 49.1 Å². The second-order valence-electron chi connectivity index (χ2n) is 12.1. The molecule has 15 nitrogen and oxygen atoms in total. The second kappa shape index (κ2) is 19.9. The summed E-state index contributed by atoms with van der Waals surface area (Å²) in [5, 5.41) is 16.3. The van der Waals surface area contributed by atoms with E-state index in [2.05, 4.69) is 30.9 Å². The molecule has 0 aliphatic heterocycles. The molecule has 0 unspecified atom stereocenters. The van der Waals surface area contributed by atoms with Crippen LogP contribution < -0.4 is 21.5 Å². The topological polar surface area (TPSA) is 207 Å². The van der Waals surface area contributed by atoms with Gasteiger partial charge in [-0.25, -0.2) is 14.6 Å². The van der Waals surface area contributed by atoms with Crippen LogP contribution in [0.4, 0.5) is 15.5 Å². The van der Waals surface area contributed by atoms with Gasteiger partial charge in [0.1, 0.15) is 5.78 Å². The van der Waals surface area contributed by atoms with Crippen LogP contribution in [0.15, 0.2) is 90.0 Å². The van der Waals surface area contributed by atoms with Crippen molar-refractivity contribution in [1.82, 2.24) is 30.2 Å². The van der Waals surface area contributed by atoms with Crippen LogP contribution in [-0.2, 0) is 32.0 Å². The third-order valence-corrected chi connectivity index (χ3v) is 7.61. The first kappa shape index (κ1) is 39.4. The summed E-state index contributed by atoms with van der Waals surface area (Å²) in [4.78, 5) is 68.3. The molecule has 2 heterocycles. The molecule has 53 heavy (non-hydrogen) atoms. The summed E-state index contributed by atoms with van der Waals surface area (Å²) < 4.78 is 12.2. The number of aromatic amines is 1. The number of carbonyl (C=O) groups excluding carboxylic acids is 3. The Labute approximate surface area is 305 Å². The lowest BCUT2D eigenvalue weighted by Gasteiger charge is -2.19. The number of nitrogens with one attached hydrogen (secondary N) is 4. The Bertz CT molecular complexity index is 1980. The van der Waals surface area contributed by atoms with Crippen molar-refractivity contribution >= 4 is 41.1 Å². The van der Waals surface area contributed by atoms with Crippen LogP contribution in [0.1, 0.15) is 47.3 Å². The Hall–Kier alpha value is -6.35. The second-order valence-corrected chi connectivity index (χ2v) is 12.1. The molecule has 0 fully saturated rings. The highest BCUT2D eigenvalue weighted by Gasteiger charge is 2.19. The minimum atomic E-state index is -0.939. The van der Waals surface area contributed by atoms with Gasteiger partial charge in [0, 0.05) is 13.1 Å². The highest BCUT2D eigenvalue weighted by Crippen LogP contribution is 2.27. The van der Waals surface area contributed by atoms with Gasteiger partial charge in [0.2, 0.25) is 5.95 Å². The zero-order chi connectivity index (χ0) is 38.2. The lowest BCUT2D eigenvalue weighted by atomic mass is 9.99. The molecule has 3 aromatic carbocycles. The molecule has 2 aromatic heterocycles. The third-order valence-electron chi connectivity index (χ3n) is 7.61. The molecule has 0 atom stereocenters. The summed E-state index contributed by atoms with van der Waals surface area (Å²) >= 11 is 0. The van der Waals surface area contributed by atoms with E-state index in [9.17, 15) is 24.0 Å². The van der Waals surface area contributed by atoms with Crippen LogP contribution in [0, 0.1) is 13.8 Å². The molecule has 0 saturated heterocycles. The molecule has 0 radical (unpaired) electrons. The molecule has 5 rings (SSSR count). The first-order valence-electron chi connectivity index (χ1n) is 16.9. The van der Waals surface area contributed by atoms with E-state index in [1.54, 1.807) is 0 Å². The smallest absolute Gasteiger partial charge is 0.413 e. The van der Waals surface area contributed by atoms with Crippen molar-refractivity contribution in [3.63, 3.8) is 0 Å². The number of benzene rings is 3. The third kappa shape index (κ3) is 13.0. The monoisotopic (exact) mass is 725 g/mol. The van der Waals surface area contributed by atoms with E-state index in [1.807, 2.05) is 92.7 Å². The van der Waals surface area contributed by atoms with Gasteiger partial charge in [-0.1, -0.05) is 90.0 Å². The number of Topliss-reactive ketones (excluding diaryl/α,β-unsaturated/α-hetero) is 1. The number of amides is 2. The lowest BCUT2D eigenvalue weighted by molar-refractivity contribution is -0.136. The summed E-state index contributed by atoms with van der Waals surface area (Å²) in [6.07, 6.45) is 1.05. The van der Waals surface area contributed by atoms with E-state index >= 15 is 0 Å². The zero-order valence-electron chi connectivity index (χ0n) is 29.8. The molecule has 5 aromatic rings. The summed E-state index contributed by atoms with van der Waals surface area (Å²) in [5.41, 5.74) is 5.00. The van der Waals surface area contributed by atoms with Gasteiger partial charge >= 0.3 is 18.2 Å². The molecule has 0 bridgehead atoms. The van der Waals surface area contributed by atoms with Crippen molar-refractivity contribution in [3.8, 4) is 0 Å². The highest BCUT2D eigenvalue weighted by atomic mass is 16.6. The van der Waals surface area contributed by atoms with Gasteiger partial charge in [-0.2, -0.15) is 4.98 Å². The van der Waals surface area contributed by atoms with Gasteiger partial charge in [-0.05, 0) is 50.3 Å². The first-order chi connectivity index (χ1) is 25.5. The maximum atomic E-state index is 12.2. The molecular formula is C38H43N7O8. The number of carboxylic acids is 1. The summed E-state index contributed by atoms with van der Waals surface area (Å²) in [6, 6.07) is 25.6. The van der Waals surface area contributed by atoms with Crippen LogP contribution in [0.2, 0.25) is 0 Å². The number of H-pyrrole nitrogens is 1. The Morgan fingerprint density at radius 1 is 0.887 bits per heavy atom. The van der Waals surface area contributed by atoms with E-state index in [4.69, 9.17) is 14.6 Å². The number of alkyl carbamates (subject to hydrolysis) is 1. The normalized spacial score (nSPS) is 10.6. The Balaban J connectivity index is 0.000000237.